The highest BCUT2D eigenvalue weighted by molar-refractivity contribution is 7.71. The molecular formula is C8H10N4S. The Bertz CT molecular complexity index is 384. The summed E-state index contributed by atoms with van der Waals surface area (Å²) in [7, 11) is 2.02. The quantitative estimate of drug-likeness (QED) is 0.684. The maximum Gasteiger partial charge on any atom is 0.198 e. The third-order valence-corrected chi connectivity index (χ3v) is 2.05. The Morgan fingerprint density at radius 3 is 3.00 bits per heavy atom. The molecule has 0 aromatic carbocycles. The summed E-state index contributed by atoms with van der Waals surface area (Å²) in [4.78, 5) is 11.1. The van der Waals surface area contributed by atoms with Crippen LogP contribution in [0.25, 0.3) is 0 Å². The minimum atomic E-state index is 0.514. The van der Waals surface area contributed by atoms with Crippen molar-refractivity contribution in [2.24, 2.45) is 0 Å². The molecule has 0 saturated carbocycles. The Balaban J connectivity index is 2.27. The predicted octanol–water partition coefficient (Wildman–Crippen LogP) is 1.32. The summed E-state index contributed by atoms with van der Waals surface area (Å²) in [5.41, 5.74) is 0. The molecule has 4 nitrogen and oxygen atoms in total. The normalized spacial score (nSPS) is 15.5. The SMILES string of the molecule is CN1C=CN(c2ccnc(=S)[nH]2)C1. The summed E-state index contributed by atoms with van der Waals surface area (Å²) >= 11 is 4.93. The smallest absolute Gasteiger partial charge is 0.198 e. The lowest BCUT2D eigenvalue weighted by molar-refractivity contribution is 0.494. The average Bonchev–Trinajstić information content (AvgIpc) is 2.52. The third kappa shape index (κ3) is 1.70. The van der Waals surface area contributed by atoms with E-state index in [9.17, 15) is 0 Å². The Hall–Kier alpha value is -1.36. The van der Waals surface area contributed by atoms with Crippen LogP contribution in [0.15, 0.2) is 24.7 Å². The van der Waals surface area contributed by atoms with Crippen molar-refractivity contribution in [3.8, 4) is 0 Å². The largest absolute Gasteiger partial charge is 0.361 e. The zero-order chi connectivity index (χ0) is 9.26. The van der Waals surface area contributed by atoms with Gasteiger partial charge in [0, 0.05) is 25.6 Å². The van der Waals surface area contributed by atoms with Gasteiger partial charge in [-0.05, 0) is 18.3 Å². The van der Waals surface area contributed by atoms with Crippen LogP contribution in [0.2, 0.25) is 0 Å². The van der Waals surface area contributed by atoms with E-state index in [1.807, 2.05) is 25.5 Å². The second-order valence-corrected chi connectivity index (χ2v) is 3.31. The number of H-pyrrole nitrogens is 1. The van der Waals surface area contributed by atoms with E-state index in [2.05, 4.69) is 19.8 Å². The standard InChI is InChI=1S/C8H10N4S/c1-11-4-5-12(6-11)7-2-3-9-8(13)10-7/h2-5H,6H2,1H3,(H,9,10,13). The first-order chi connectivity index (χ1) is 6.25. The molecule has 5 heteroatoms. The molecule has 0 bridgehead atoms. The van der Waals surface area contributed by atoms with Crippen molar-refractivity contribution in [3.63, 3.8) is 0 Å². The first-order valence-electron chi connectivity index (χ1n) is 3.96. The van der Waals surface area contributed by atoms with Gasteiger partial charge >= 0.3 is 0 Å². The van der Waals surface area contributed by atoms with E-state index >= 15 is 0 Å². The van der Waals surface area contributed by atoms with Gasteiger partial charge in [0.05, 0.1) is 6.67 Å². The van der Waals surface area contributed by atoms with Crippen LogP contribution in [-0.2, 0) is 0 Å². The molecule has 2 rings (SSSR count). The Morgan fingerprint density at radius 2 is 2.38 bits per heavy atom. The van der Waals surface area contributed by atoms with E-state index < -0.39 is 0 Å². The third-order valence-electron chi connectivity index (χ3n) is 1.85. The number of nitrogens with one attached hydrogen (secondary N) is 1. The zero-order valence-corrected chi connectivity index (χ0v) is 8.08. The van der Waals surface area contributed by atoms with Crippen molar-refractivity contribution in [2.45, 2.75) is 0 Å². The van der Waals surface area contributed by atoms with Crippen molar-refractivity contribution in [2.75, 3.05) is 18.6 Å². The molecule has 0 aliphatic carbocycles. The number of aromatic nitrogens is 2. The monoisotopic (exact) mass is 194 g/mol. The van der Waals surface area contributed by atoms with Crippen molar-refractivity contribution in [3.05, 3.63) is 29.4 Å². The van der Waals surface area contributed by atoms with Gasteiger partial charge in [-0.2, -0.15) is 0 Å². The zero-order valence-electron chi connectivity index (χ0n) is 7.27. The molecule has 13 heavy (non-hydrogen) atoms. The summed E-state index contributed by atoms with van der Waals surface area (Å²) in [6.07, 6.45) is 5.72. The van der Waals surface area contributed by atoms with E-state index in [1.165, 1.54) is 0 Å². The Kier molecular flexibility index (Phi) is 2.02. The molecule has 0 amide bonds. The fraction of sp³-hybridized carbons (Fsp3) is 0.250. The van der Waals surface area contributed by atoms with Crippen LogP contribution >= 0.6 is 12.2 Å². The topological polar surface area (TPSA) is 35.2 Å². The molecule has 0 radical (unpaired) electrons. The second-order valence-electron chi connectivity index (χ2n) is 2.93. The predicted molar refractivity (Wildman–Crippen MR) is 53.7 cm³/mol. The van der Waals surface area contributed by atoms with Crippen molar-refractivity contribution in [1.82, 2.24) is 14.9 Å². The average molecular weight is 194 g/mol. The fourth-order valence-electron chi connectivity index (χ4n) is 1.21. The van der Waals surface area contributed by atoms with E-state index in [1.54, 1.807) is 6.20 Å². The maximum absolute atomic E-state index is 4.93. The molecule has 0 atom stereocenters. The van der Waals surface area contributed by atoms with Crippen LogP contribution in [0.4, 0.5) is 5.82 Å². The van der Waals surface area contributed by atoms with E-state index in [0.29, 0.717) is 4.77 Å². The lowest BCUT2D eigenvalue weighted by Gasteiger charge is -2.17. The van der Waals surface area contributed by atoms with Gasteiger partial charge in [-0.25, -0.2) is 4.98 Å². The molecule has 0 fully saturated rings. The van der Waals surface area contributed by atoms with Gasteiger partial charge in [-0.3, -0.25) is 0 Å². The van der Waals surface area contributed by atoms with Crippen molar-refractivity contribution >= 4 is 18.0 Å². The van der Waals surface area contributed by atoms with Gasteiger partial charge in [-0.1, -0.05) is 0 Å². The van der Waals surface area contributed by atoms with E-state index in [0.717, 1.165) is 12.5 Å². The number of nitrogens with zero attached hydrogens (tertiary/aromatic N) is 3. The molecule has 0 unspecified atom stereocenters. The molecule has 1 aliphatic heterocycles. The minimum absolute atomic E-state index is 0.514. The molecule has 0 saturated heterocycles. The summed E-state index contributed by atoms with van der Waals surface area (Å²) in [5.74, 6) is 0.973. The lowest BCUT2D eigenvalue weighted by atomic mass is 10.5. The molecule has 1 aliphatic rings. The van der Waals surface area contributed by atoms with Crippen LogP contribution < -0.4 is 4.90 Å². The summed E-state index contributed by atoms with van der Waals surface area (Å²) < 4.78 is 0.514. The number of rotatable bonds is 1. The highest BCUT2D eigenvalue weighted by atomic mass is 32.1. The highest BCUT2D eigenvalue weighted by Gasteiger charge is 2.09. The molecule has 1 N–H and O–H groups in total. The minimum Gasteiger partial charge on any atom is -0.361 e. The molecule has 2 heterocycles. The van der Waals surface area contributed by atoms with Crippen LogP contribution in [0.1, 0.15) is 0 Å². The van der Waals surface area contributed by atoms with Gasteiger partial charge in [-0.15, -0.1) is 0 Å². The molecule has 1 aromatic rings. The van der Waals surface area contributed by atoms with Gasteiger partial charge in [0.15, 0.2) is 4.77 Å². The number of anilines is 1. The first kappa shape index (κ1) is 8.25. The lowest BCUT2D eigenvalue weighted by Crippen LogP contribution is -2.22. The van der Waals surface area contributed by atoms with Gasteiger partial charge in [0.2, 0.25) is 0 Å². The summed E-state index contributed by atoms with van der Waals surface area (Å²) in [5, 5.41) is 0. The molecule has 0 spiro atoms. The highest BCUT2D eigenvalue weighted by Crippen LogP contribution is 2.13. The maximum atomic E-state index is 4.93. The number of hydrogen-bond donors (Lipinski definition) is 1. The van der Waals surface area contributed by atoms with Gasteiger partial charge < -0.3 is 14.8 Å². The number of aromatic amines is 1. The van der Waals surface area contributed by atoms with E-state index in [4.69, 9.17) is 12.2 Å². The summed E-state index contributed by atoms with van der Waals surface area (Å²) in [6, 6.07) is 1.90. The Morgan fingerprint density at radius 1 is 1.54 bits per heavy atom. The second kappa shape index (κ2) is 3.18. The van der Waals surface area contributed by atoms with Crippen LogP contribution in [-0.4, -0.2) is 28.6 Å². The van der Waals surface area contributed by atoms with E-state index in [-0.39, 0.29) is 0 Å². The van der Waals surface area contributed by atoms with Crippen molar-refractivity contribution < 1.29 is 0 Å². The van der Waals surface area contributed by atoms with Gasteiger partial charge in [0.1, 0.15) is 5.82 Å². The molecule has 1 aromatic heterocycles. The van der Waals surface area contributed by atoms with Crippen LogP contribution in [0.5, 0.6) is 0 Å². The summed E-state index contributed by atoms with van der Waals surface area (Å²) in [6.45, 7) is 0.843. The molecule has 68 valence electrons. The van der Waals surface area contributed by atoms with Crippen LogP contribution in [0, 0.1) is 4.77 Å². The molecular weight excluding hydrogens is 184 g/mol. The van der Waals surface area contributed by atoms with Crippen LogP contribution in [0.3, 0.4) is 0 Å². The van der Waals surface area contributed by atoms with Gasteiger partial charge in [0.25, 0.3) is 0 Å². The first-order valence-corrected chi connectivity index (χ1v) is 4.37. The fourth-order valence-corrected chi connectivity index (χ4v) is 1.38. The Labute approximate surface area is 81.5 Å². The van der Waals surface area contributed by atoms with Crippen molar-refractivity contribution in [1.29, 1.82) is 0 Å². The number of hydrogen-bond acceptors (Lipinski definition) is 4.